The summed E-state index contributed by atoms with van der Waals surface area (Å²) < 4.78 is 34.6. The Hall–Kier alpha value is -2.94. The van der Waals surface area contributed by atoms with E-state index in [1.54, 1.807) is 66.6 Å². The Kier molecular flexibility index (Phi) is 6.31. The number of fused-ring (bicyclic) bond motifs is 1. The summed E-state index contributed by atoms with van der Waals surface area (Å²) in [7, 11) is 1.79. The van der Waals surface area contributed by atoms with Crippen LogP contribution in [-0.2, 0) is 12.6 Å². The first kappa shape index (κ1) is 24.7. The van der Waals surface area contributed by atoms with Crippen LogP contribution in [-0.4, -0.2) is 45.3 Å². The summed E-state index contributed by atoms with van der Waals surface area (Å²) in [4.78, 5) is 10.8. The van der Waals surface area contributed by atoms with Gasteiger partial charge in [0.15, 0.2) is 23.8 Å². The number of pyridine rings is 1. The number of alkyl halides is 2. The summed E-state index contributed by atoms with van der Waals surface area (Å²) in [6.07, 6.45) is 4.16. The van der Waals surface area contributed by atoms with Crippen LogP contribution < -0.4 is 9.64 Å². The molecular formula is C26H24Cl2F2N4O2. The molecule has 36 heavy (non-hydrogen) atoms. The standard InChI is InChI=1S/C26H24Cl2F2N4O2/c1-25(29,30)14-36-23-22(28)19-12-17(6-9-20(19)32-24(23)34-10-3-11-34)26(35,21-13-31-15-33(21)2)16-4-7-18(27)8-5-16/h4-9,12-13,15,35H,3,10-11,14H2,1-2H3. The van der Waals surface area contributed by atoms with Crippen LogP contribution in [0.4, 0.5) is 14.6 Å². The lowest BCUT2D eigenvalue weighted by atomic mass is 9.83. The smallest absolute Gasteiger partial charge is 0.278 e. The summed E-state index contributed by atoms with van der Waals surface area (Å²) in [5.74, 6) is -2.49. The molecule has 2 aromatic carbocycles. The molecule has 1 N–H and O–H groups in total. The van der Waals surface area contributed by atoms with Crippen molar-refractivity contribution in [1.29, 1.82) is 0 Å². The first-order valence-corrected chi connectivity index (χ1v) is 12.2. The molecule has 1 saturated heterocycles. The highest BCUT2D eigenvalue weighted by atomic mass is 35.5. The topological polar surface area (TPSA) is 63.4 Å². The maximum absolute atomic E-state index is 13.7. The van der Waals surface area contributed by atoms with Crippen LogP contribution in [0.1, 0.15) is 30.2 Å². The predicted octanol–water partition coefficient (Wildman–Crippen LogP) is 5.80. The summed E-state index contributed by atoms with van der Waals surface area (Å²) in [5, 5.41) is 13.4. The summed E-state index contributed by atoms with van der Waals surface area (Å²) >= 11 is 12.9. The minimum atomic E-state index is -3.04. The highest BCUT2D eigenvalue weighted by Gasteiger charge is 2.37. The van der Waals surface area contributed by atoms with E-state index in [0.29, 0.717) is 38.6 Å². The van der Waals surface area contributed by atoms with Gasteiger partial charge in [-0.15, -0.1) is 0 Å². The lowest BCUT2D eigenvalue weighted by Gasteiger charge is -2.34. The Morgan fingerprint density at radius 1 is 1.08 bits per heavy atom. The Labute approximate surface area is 217 Å². The van der Waals surface area contributed by atoms with Gasteiger partial charge in [-0.2, -0.15) is 0 Å². The first-order valence-electron chi connectivity index (χ1n) is 11.4. The number of halogens is 4. The van der Waals surface area contributed by atoms with Crippen molar-refractivity contribution in [1.82, 2.24) is 14.5 Å². The van der Waals surface area contributed by atoms with Crippen molar-refractivity contribution in [2.24, 2.45) is 7.05 Å². The largest absolute Gasteiger partial charge is 0.482 e. The van der Waals surface area contributed by atoms with Gasteiger partial charge in [0.1, 0.15) is 0 Å². The van der Waals surface area contributed by atoms with E-state index in [1.807, 2.05) is 4.90 Å². The van der Waals surface area contributed by atoms with Gasteiger partial charge in [0.25, 0.3) is 5.92 Å². The molecule has 0 bridgehead atoms. The fourth-order valence-corrected chi connectivity index (χ4v) is 4.76. The highest BCUT2D eigenvalue weighted by Crippen LogP contribution is 2.44. The minimum absolute atomic E-state index is 0.109. The maximum Gasteiger partial charge on any atom is 0.278 e. The number of aromatic nitrogens is 3. The molecule has 0 amide bonds. The zero-order valence-corrected chi connectivity index (χ0v) is 21.2. The molecule has 1 aliphatic heterocycles. The molecule has 0 aliphatic carbocycles. The van der Waals surface area contributed by atoms with Crippen molar-refractivity contribution in [2.75, 3.05) is 24.6 Å². The van der Waals surface area contributed by atoms with Gasteiger partial charge in [-0.25, -0.2) is 18.7 Å². The molecule has 1 atom stereocenters. The number of nitrogens with zero attached hydrogens (tertiary/aromatic N) is 4. The van der Waals surface area contributed by atoms with E-state index in [9.17, 15) is 13.9 Å². The second-order valence-electron chi connectivity index (χ2n) is 9.12. The highest BCUT2D eigenvalue weighted by molar-refractivity contribution is 6.37. The molecule has 188 valence electrons. The van der Waals surface area contributed by atoms with E-state index in [-0.39, 0.29) is 10.8 Å². The van der Waals surface area contributed by atoms with Crippen LogP contribution >= 0.6 is 23.2 Å². The molecule has 1 aliphatic rings. The maximum atomic E-state index is 13.7. The number of imidazole rings is 1. The van der Waals surface area contributed by atoms with Crippen molar-refractivity contribution < 1.29 is 18.6 Å². The van der Waals surface area contributed by atoms with Crippen molar-refractivity contribution >= 4 is 39.9 Å². The van der Waals surface area contributed by atoms with Crippen LogP contribution in [0.15, 0.2) is 55.0 Å². The third-order valence-electron chi connectivity index (χ3n) is 6.35. The van der Waals surface area contributed by atoms with Gasteiger partial charge in [-0.3, -0.25) is 0 Å². The third-order valence-corrected chi connectivity index (χ3v) is 6.98. The molecule has 3 heterocycles. The van der Waals surface area contributed by atoms with Crippen LogP contribution in [0.25, 0.3) is 10.9 Å². The molecule has 5 rings (SSSR count). The number of aliphatic hydroxyl groups is 1. The van der Waals surface area contributed by atoms with E-state index >= 15 is 0 Å². The zero-order valence-electron chi connectivity index (χ0n) is 19.7. The molecule has 2 aromatic heterocycles. The molecule has 0 saturated carbocycles. The zero-order chi connectivity index (χ0) is 25.7. The Balaban J connectivity index is 1.70. The Morgan fingerprint density at radius 2 is 1.78 bits per heavy atom. The van der Waals surface area contributed by atoms with Gasteiger partial charge in [-0.1, -0.05) is 41.4 Å². The summed E-state index contributed by atoms with van der Waals surface area (Å²) in [6.45, 7) is 1.44. The van der Waals surface area contributed by atoms with E-state index in [1.165, 1.54) is 0 Å². The molecule has 1 unspecified atom stereocenters. The van der Waals surface area contributed by atoms with E-state index < -0.39 is 18.1 Å². The Bertz CT molecular complexity index is 1420. The number of aryl methyl sites for hydroxylation is 1. The van der Waals surface area contributed by atoms with E-state index in [2.05, 4.69) is 4.98 Å². The lowest BCUT2D eigenvalue weighted by molar-refractivity contribution is -0.0228. The third kappa shape index (κ3) is 4.38. The monoisotopic (exact) mass is 532 g/mol. The van der Waals surface area contributed by atoms with Crippen molar-refractivity contribution in [3.05, 3.63) is 81.9 Å². The number of rotatable bonds is 7. The van der Waals surface area contributed by atoms with Gasteiger partial charge in [0.05, 0.1) is 28.8 Å². The minimum Gasteiger partial charge on any atom is -0.482 e. The lowest BCUT2D eigenvalue weighted by Crippen LogP contribution is -2.38. The van der Waals surface area contributed by atoms with Crippen LogP contribution in [0.2, 0.25) is 10.0 Å². The number of anilines is 1. The van der Waals surface area contributed by atoms with Crippen LogP contribution in [0.5, 0.6) is 5.75 Å². The fourth-order valence-electron chi connectivity index (χ4n) is 4.35. The molecule has 0 spiro atoms. The molecule has 10 heteroatoms. The van der Waals surface area contributed by atoms with Crippen molar-refractivity contribution in [2.45, 2.75) is 24.9 Å². The van der Waals surface area contributed by atoms with Crippen molar-refractivity contribution in [3.63, 3.8) is 0 Å². The molecular weight excluding hydrogens is 509 g/mol. The average Bonchev–Trinajstić information content (AvgIpc) is 3.23. The average molecular weight is 533 g/mol. The first-order chi connectivity index (χ1) is 17.1. The molecule has 0 radical (unpaired) electrons. The normalized spacial score (nSPS) is 15.6. The Morgan fingerprint density at radius 3 is 2.36 bits per heavy atom. The second kappa shape index (κ2) is 9.18. The van der Waals surface area contributed by atoms with Crippen LogP contribution in [0.3, 0.4) is 0 Å². The predicted molar refractivity (Wildman–Crippen MR) is 136 cm³/mol. The second-order valence-corrected chi connectivity index (χ2v) is 9.93. The fraction of sp³-hybridized carbons (Fsp3) is 0.308. The number of hydrogen-bond acceptors (Lipinski definition) is 5. The molecule has 1 fully saturated rings. The number of benzene rings is 2. The molecule has 4 aromatic rings. The molecule has 6 nitrogen and oxygen atoms in total. The van der Waals surface area contributed by atoms with Gasteiger partial charge in [0.2, 0.25) is 0 Å². The van der Waals surface area contributed by atoms with Gasteiger partial charge in [0, 0.05) is 37.5 Å². The van der Waals surface area contributed by atoms with Crippen molar-refractivity contribution in [3.8, 4) is 5.75 Å². The number of ether oxygens (including phenoxy) is 1. The van der Waals surface area contributed by atoms with Gasteiger partial charge < -0.3 is 19.3 Å². The van der Waals surface area contributed by atoms with Crippen LogP contribution in [0, 0.1) is 0 Å². The summed E-state index contributed by atoms with van der Waals surface area (Å²) in [6, 6.07) is 12.1. The summed E-state index contributed by atoms with van der Waals surface area (Å²) in [5.41, 5.74) is 0.532. The number of hydrogen-bond donors (Lipinski definition) is 1. The van der Waals surface area contributed by atoms with E-state index in [0.717, 1.165) is 26.4 Å². The van der Waals surface area contributed by atoms with Gasteiger partial charge >= 0.3 is 0 Å². The van der Waals surface area contributed by atoms with E-state index in [4.69, 9.17) is 32.9 Å². The quantitative estimate of drug-likeness (QED) is 0.325. The van der Waals surface area contributed by atoms with Gasteiger partial charge in [-0.05, 0) is 41.8 Å². The SMILES string of the molecule is Cn1cncc1C(O)(c1ccc(Cl)cc1)c1ccc2nc(N3CCC3)c(OCC(C)(F)F)c(Cl)c2c1.